The summed E-state index contributed by atoms with van der Waals surface area (Å²) >= 11 is 0. The highest BCUT2D eigenvalue weighted by molar-refractivity contribution is 5.97. The Kier molecular flexibility index (Phi) is 5.53. The SMILES string of the molecule is C=CCN(Cc1ccccc1)C(=O)CNC(=O)c1ccc2c(c1)OCO2. The molecule has 1 aliphatic rings. The van der Waals surface area contributed by atoms with Gasteiger partial charge in [-0.3, -0.25) is 9.59 Å². The number of benzene rings is 2. The van der Waals surface area contributed by atoms with Crippen LogP contribution in [-0.2, 0) is 11.3 Å². The van der Waals surface area contributed by atoms with Crippen molar-refractivity contribution in [2.24, 2.45) is 0 Å². The van der Waals surface area contributed by atoms with Crippen LogP contribution < -0.4 is 14.8 Å². The molecule has 6 nitrogen and oxygen atoms in total. The van der Waals surface area contributed by atoms with E-state index >= 15 is 0 Å². The standard InChI is InChI=1S/C20H20N2O4/c1-2-10-22(13-15-6-4-3-5-7-15)19(23)12-21-20(24)16-8-9-17-18(11-16)26-14-25-17/h2-9,11H,1,10,12-14H2,(H,21,24). The molecule has 2 aromatic carbocycles. The van der Waals surface area contributed by atoms with Gasteiger partial charge in [-0.25, -0.2) is 0 Å². The van der Waals surface area contributed by atoms with Gasteiger partial charge in [0, 0.05) is 18.7 Å². The monoisotopic (exact) mass is 352 g/mol. The number of amides is 2. The first kappa shape index (κ1) is 17.5. The van der Waals surface area contributed by atoms with E-state index in [0.29, 0.717) is 30.2 Å². The third kappa shape index (κ3) is 4.22. The second-order valence-electron chi connectivity index (χ2n) is 5.80. The molecule has 0 atom stereocenters. The Hall–Kier alpha value is -3.28. The summed E-state index contributed by atoms with van der Waals surface area (Å²) in [6.45, 7) is 4.63. The van der Waals surface area contributed by atoms with Crippen molar-refractivity contribution in [2.75, 3.05) is 19.9 Å². The topological polar surface area (TPSA) is 67.9 Å². The van der Waals surface area contributed by atoms with Crippen molar-refractivity contribution in [1.29, 1.82) is 0 Å². The number of hydrogen-bond donors (Lipinski definition) is 1. The van der Waals surface area contributed by atoms with Crippen LogP contribution in [0.2, 0.25) is 0 Å². The maximum Gasteiger partial charge on any atom is 0.251 e. The van der Waals surface area contributed by atoms with Crippen LogP contribution in [0, 0.1) is 0 Å². The van der Waals surface area contributed by atoms with Crippen molar-refractivity contribution >= 4 is 11.8 Å². The molecule has 0 unspecified atom stereocenters. The summed E-state index contributed by atoms with van der Waals surface area (Å²) in [4.78, 5) is 26.4. The molecule has 2 amide bonds. The Balaban J connectivity index is 1.58. The van der Waals surface area contributed by atoms with Crippen LogP contribution in [0.5, 0.6) is 11.5 Å². The molecule has 1 aliphatic heterocycles. The lowest BCUT2D eigenvalue weighted by molar-refractivity contribution is -0.130. The molecule has 0 saturated carbocycles. The molecule has 1 heterocycles. The lowest BCUT2D eigenvalue weighted by Crippen LogP contribution is -2.40. The minimum Gasteiger partial charge on any atom is -0.454 e. The summed E-state index contributed by atoms with van der Waals surface area (Å²) in [5.74, 6) is 0.622. The van der Waals surface area contributed by atoms with E-state index in [0.717, 1.165) is 5.56 Å². The molecule has 134 valence electrons. The molecule has 26 heavy (non-hydrogen) atoms. The largest absolute Gasteiger partial charge is 0.454 e. The van der Waals surface area contributed by atoms with Gasteiger partial charge in [-0.05, 0) is 23.8 Å². The van der Waals surface area contributed by atoms with Crippen LogP contribution >= 0.6 is 0 Å². The van der Waals surface area contributed by atoms with Gasteiger partial charge in [0.2, 0.25) is 12.7 Å². The number of rotatable bonds is 7. The van der Waals surface area contributed by atoms with E-state index in [1.165, 1.54) is 0 Å². The number of carbonyl (C=O) groups is 2. The van der Waals surface area contributed by atoms with Crippen LogP contribution in [-0.4, -0.2) is 36.6 Å². The van der Waals surface area contributed by atoms with Gasteiger partial charge < -0.3 is 19.7 Å². The quantitative estimate of drug-likeness (QED) is 0.777. The first-order valence-electron chi connectivity index (χ1n) is 8.28. The van der Waals surface area contributed by atoms with E-state index < -0.39 is 0 Å². The number of fused-ring (bicyclic) bond motifs is 1. The zero-order valence-corrected chi connectivity index (χ0v) is 14.3. The van der Waals surface area contributed by atoms with E-state index in [2.05, 4.69) is 11.9 Å². The molecule has 2 aromatic rings. The van der Waals surface area contributed by atoms with Crippen molar-refractivity contribution in [3.05, 3.63) is 72.3 Å². The van der Waals surface area contributed by atoms with Crippen LogP contribution in [0.1, 0.15) is 15.9 Å². The summed E-state index contributed by atoms with van der Waals surface area (Å²) in [5.41, 5.74) is 1.44. The molecule has 3 rings (SSSR count). The van der Waals surface area contributed by atoms with Crippen molar-refractivity contribution in [3.8, 4) is 11.5 Å². The van der Waals surface area contributed by atoms with Gasteiger partial charge >= 0.3 is 0 Å². The molecular weight excluding hydrogens is 332 g/mol. The molecular formula is C20H20N2O4. The molecule has 0 radical (unpaired) electrons. The second kappa shape index (κ2) is 8.20. The first-order valence-corrected chi connectivity index (χ1v) is 8.28. The van der Waals surface area contributed by atoms with E-state index in [-0.39, 0.29) is 25.2 Å². The van der Waals surface area contributed by atoms with E-state index in [4.69, 9.17) is 9.47 Å². The average Bonchev–Trinajstić information content (AvgIpc) is 3.14. The van der Waals surface area contributed by atoms with Gasteiger partial charge in [0.05, 0.1) is 6.54 Å². The van der Waals surface area contributed by atoms with E-state index in [1.807, 2.05) is 30.3 Å². The summed E-state index contributed by atoms with van der Waals surface area (Å²) in [7, 11) is 0. The first-order chi connectivity index (χ1) is 12.7. The molecule has 6 heteroatoms. The number of ether oxygens (including phenoxy) is 2. The fraction of sp³-hybridized carbons (Fsp3) is 0.200. The van der Waals surface area contributed by atoms with Crippen LogP contribution in [0.3, 0.4) is 0 Å². The Morgan fingerprint density at radius 3 is 2.65 bits per heavy atom. The molecule has 0 aliphatic carbocycles. The molecule has 0 spiro atoms. The number of nitrogens with one attached hydrogen (secondary N) is 1. The maximum absolute atomic E-state index is 12.5. The van der Waals surface area contributed by atoms with Gasteiger partial charge in [0.15, 0.2) is 11.5 Å². The van der Waals surface area contributed by atoms with Gasteiger partial charge in [0.1, 0.15) is 0 Å². The highest BCUT2D eigenvalue weighted by atomic mass is 16.7. The molecule has 0 saturated heterocycles. The second-order valence-corrected chi connectivity index (χ2v) is 5.80. The van der Waals surface area contributed by atoms with Crippen LogP contribution in [0.25, 0.3) is 0 Å². The highest BCUT2D eigenvalue weighted by Gasteiger charge is 2.18. The minimum absolute atomic E-state index is 0.0893. The lowest BCUT2D eigenvalue weighted by atomic mass is 10.2. The van der Waals surface area contributed by atoms with Crippen molar-refractivity contribution in [2.45, 2.75) is 6.54 Å². The van der Waals surface area contributed by atoms with Crippen molar-refractivity contribution in [3.63, 3.8) is 0 Å². The molecule has 1 N–H and O–H groups in total. The summed E-state index contributed by atoms with van der Waals surface area (Å²) in [5, 5.41) is 2.65. The Labute approximate surface area is 152 Å². The maximum atomic E-state index is 12.5. The van der Waals surface area contributed by atoms with E-state index in [1.54, 1.807) is 29.2 Å². The Bertz CT molecular complexity index is 805. The van der Waals surface area contributed by atoms with Crippen molar-refractivity contribution < 1.29 is 19.1 Å². The smallest absolute Gasteiger partial charge is 0.251 e. The summed E-state index contributed by atoms with van der Waals surface area (Å²) in [6, 6.07) is 14.6. The number of carbonyl (C=O) groups excluding carboxylic acids is 2. The average molecular weight is 352 g/mol. The van der Waals surface area contributed by atoms with Gasteiger partial charge in [-0.2, -0.15) is 0 Å². The van der Waals surface area contributed by atoms with Crippen molar-refractivity contribution in [1.82, 2.24) is 10.2 Å². The van der Waals surface area contributed by atoms with Gasteiger partial charge in [0.25, 0.3) is 5.91 Å². The number of nitrogens with zero attached hydrogens (tertiary/aromatic N) is 1. The van der Waals surface area contributed by atoms with Gasteiger partial charge in [-0.15, -0.1) is 6.58 Å². The molecule has 0 fully saturated rings. The summed E-state index contributed by atoms with van der Waals surface area (Å²) in [6.07, 6.45) is 1.67. The van der Waals surface area contributed by atoms with Gasteiger partial charge in [-0.1, -0.05) is 36.4 Å². The molecule has 0 bridgehead atoms. The van der Waals surface area contributed by atoms with E-state index in [9.17, 15) is 9.59 Å². The zero-order valence-electron chi connectivity index (χ0n) is 14.3. The molecule has 0 aromatic heterocycles. The fourth-order valence-electron chi connectivity index (χ4n) is 2.62. The zero-order chi connectivity index (χ0) is 18.4. The Morgan fingerprint density at radius 1 is 1.12 bits per heavy atom. The normalized spacial score (nSPS) is 11.7. The lowest BCUT2D eigenvalue weighted by Gasteiger charge is -2.21. The highest BCUT2D eigenvalue weighted by Crippen LogP contribution is 2.32. The summed E-state index contributed by atoms with van der Waals surface area (Å²) < 4.78 is 10.5. The minimum atomic E-state index is -0.338. The predicted octanol–water partition coefficient (Wildman–Crippen LogP) is 2.36. The third-order valence-electron chi connectivity index (χ3n) is 3.95. The Morgan fingerprint density at radius 2 is 1.88 bits per heavy atom. The van der Waals surface area contributed by atoms with Crippen LogP contribution in [0.4, 0.5) is 0 Å². The fourth-order valence-corrected chi connectivity index (χ4v) is 2.62. The predicted molar refractivity (Wildman–Crippen MR) is 97.0 cm³/mol. The number of hydrogen-bond acceptors (Lipinski definition) is 4. The third-order valence-corrected chi connectivity index (χ3v) is 3.95. The van der Waals surface area contributed by atoms with Crippen LogP contribution in [0.15, 0.2) is 61.2 Å².